The van der Waals surface area contributed by atoms with E-state index in [-0.39, 0.29) is 6.10 Å². The van der Waals surface area contributed by atoms with Crippen molar-refractivity contribution < 1.29 is 14.3 Å². The molecule has 0 amide bonds. The van der Waals surface area contributed by atoms with Crippen LogP contribution in [0, 0.1) is 6.92 Å². The largest absolute Gasteiger partial charge is 0.461 e. The fraction of sp³-hybridized carbons (Fsp3) is 0.360. The average Bonchev–Trinajstić information content (AvgIpc) is 3.60. The maximum absolute atomic E-state index is 11.8. The Morgan fingerprint density at radius 3 is 2.41 bits per heavy atom. The van der Waals surface area contributed by atoms with Crippen molar-refractivity contribution in [1.29, 1.82) is 0 Å². The molecule has 0 unspecified atom stereocenters. The van der Waals surface area contributed by atoms with E-state index in [1.54, 1.807) is 22.7 Å². The Morgan fingerprint density at radius 1 is 1.03 bits per heavy atom. The quantitative estimate of drug-likeness (QED) is 0.305. The maximum Gasteiger partial charge on any atom is 0.191 e. The van der Waals surface area contributed by atoms with E-state index in [4.69, 9.17) is 9.15 Å². The molecule has 1 N–H and O–H groups in total. The molecular weight excluding hydrogens is 458 g/mol. The Kier molecular flexibility index (Phi) is 6.64. The molecule has 0 radical (unpaired) electrons. The fourth-order valence-electron chi connectivity index (χ4n) is 4.26. The van der Waals surface area contributed by atoms with Gasteiger partial charge in [0.05, 0.1) is 12.6 Å². The van der Waals surface area contributed by atoms with Crippen LogP contribution in [0.4, 0.5) is 0 Å². The van der Waals surface area contributed by atoms with Gasteiger partial charge in [0.2, 0.25) is 0 Å². The lowest BCUT2D eigenvalue weighted by atomic mass is 9.97. The first-order chi connectivity index (χ1) is 15.6. The summed E-state index contributed by atoms with van der Waals surface area (Å²) in [5.41, 5.74) is -1.26. The molecule has 0 aliphatic carbocycles. The predicted octanol–water partition coefficient (Wildman–Crippen LogP) is 6.24. The van der Waals surface area contributed by atoms with E-state index in [2.05, 4.69) is 24.0 Å². The van der Waals surface area contributed by atoms with Crippen molar-refractivity contribution in [2.75, 3.05) is 13.2 Å². The smallest absolute Gasteiger partial charge is 0.191 e. The molecule has 0 spiro atoms. The summed E-state index contributed by atoms with van der Waals surface area (Å²) >= 11 is 4.93. The van der Waals surface area contributed by atoms with Crippen LogP contribution in [0.1, 0.15) is 43.9 Å². The van der Waals surface area contributed by atoms with Crippen molar-refractivity contribution in [2.45, 2.75) is 44.6 Å². The molecule has 1 aliphatic heterocycles. The van der Waals surface area contributed by atoms with Crippen molar-refractivity contribution in [3.8, 4) is 0 Å². The second-order valence-corrected chi connectivity index (χ2v) is 11.5. The molecule has 4 nitrogen and oxygen atoms in total. The van der Waals surface area contributed by atoms with Crippen LogP contribution >= 0.6 is 34.0 Å². The highest BCUT2D eigenvalue weighted by Crippen LogP contribution is 2.41. The Morgan fingerprint density at radius 2 is 1.81 bits per heavy atom. The highest BCUT2D eigenvalue weighted by molar-refractivity contribution is 7.12. The first-order valence-corrected chi connectivity index (χ1v) is 13.5. The van der Waals surface area contributed by atoms with Crippen molar-refractivity contribution in [1.82, 2.24) is 4.90 Å². The molecular formula is C25H27NO3S3. The van der Waals surface area contributed by atoms with E-state index in [1.807, 2.05) is 58.5 Å². The van der Waals surface area contributed by atoms with Gasteiger partial charge < -0.3 is 14.3 Å². The van der Waals surface area contributed by atoms with Crippen molar-refractivity contribution in [3.63, 3.8) is 0 Å². The monoisotopic (exact) mass is 485 g/mol. The number of aliphatic hydroxyl groups is 1. The third-order valence-corrected chi connectivity index (χ3v) is 8.76. The van der Waals surface area contributed by atoms with Gasteiger partial charge in [0.25, 0.3) is 0 Å². The van der Waals surface area contributed by atoms with E-state index >= 15 is 0 Å². The number of hydrogen-bond donors (Lipinski definition) is 1. The van der Waals surface area contributed by atoms with Crippen LogP contribution in [0.15, 0.2) is 63.7 Å². The first-order valence-electron chi connectivity index (χ1n) is 10.9. The zero-order valence-electron chi connectivity index (χ0n) is 18.0. The van der Waals surface area contributed by atoms with Crippen LogP contribution in [0.5, 0.6) is 0 Å². The van der Waals surface area contributed by atoms with E-state index in [0.29, 0.717) is 12.3 Å². The summed E-state index contributed by atoms with van der Waals surface area (Å²) in [6, 6.07) is 16.2. The molecule has 0 saturated carbocycles. The Bertz CT molecular complexity index is 1070. The third kappa shape index (κ3) is 4.64. The van der Waals surface area contributed by atoms with Crippen LogP contribution in [-0.4, -0.2) is 29.3 Å². The summed E-state index contributed by atoms with van der Waals surface area (Å²) in [4.78, 5) is 6.81. The molecule has 4 aromatic rings. The van der Waals surface area contributed by atoms with E-state index in [1.165, 1.54) is 9.75 Å². The normalized spacial score (nSPS) is 16.9. The molecule has 1 saturated heterocycles. The first kappa shape index (κ1) is 22.1. The summed E-state index contributed by atoms with van der Waals surface area (Å²) in [6.45, 7) is 5.44. The Balaban J connectivity index is 1.39. The van der Waals surface area contributed by atoms with Gasteiger partial charge in [0.1, 0.15) is 11.5 Å². The van der Waals surface area contributed by atoms with Gasteiger partial charge in [-0.15, -0.1) is 34.0 Å². The van der Waals surface area contributed by atoms with Gasteiger partial charge in [-0.05, 0) is 66.9 Å². The lowest BCUT2D eigenvalue weighted by molar-refractivity contribution is 0.0638. The highest BCUT2D eigenvalue weighted by Gasteiger charge is 2.39. The highest BCUT2D eigenvalue weighted by atomic mass is 32.1. The van der Waals surface area contributed by atoms with Gasteiger partial charge in [-0.2, -0.15) is 0 Å². The van der Waals surface area contributed by atoms with Crippen LogP contribution in [-0.2, 0) is 23.4 Å². The molecule has 1 atom stereocenters. The zero-order valence-corrected chi connectivity index (χ0v) is 20.5. The number of ether oxygens (including phenoxy) is 1. The minimum absolute atomic E-state index is 0.277. The van der Waals surface area contributed by atoms with Crippen LogP contribution in [0.2, 0.25) is 0 Å². The SMILES string of the molecule is Cc1ccc(CN(Cc2ccc(C(O)(c3cccs3)c3cccs3)o2)C[C@@H]2CCCO2)s1. The van der Waals surface area contributed by atoms with Crippen LogP contribution in [0.25, 0.3) is 0 Å². The summed E-state index contributed by atoms with van der Waals surface area (Å²) in [5, 5.41) is 15.8. The molecule has 1 aliphatic rings. The number of hydrogen-bond acceptors (Lipinski definition) is 7. The lowest BCUT2D eigenvalue weighted by Crippen LogP contribution is -2.31. The molecule has 4 aromatic heterocycles. The fourth-order valence-corrected chi connectivity index (χ4v) is 6.94. The Labute approximate surface area is 200 Å². The van der Waals surface area contributed by atoms with Crippen LogP contribution in [0.3, 0.4) is 0 Å². The van der Waals surface area contributed by atoms with Gasteiger partial charge >= 0.3 is 0 Å². The summed E-state index contributed by atoms with van der Waals surface area (Å²) in [7, 11) is 0. The van der Waals surface area contributed by atoms with E-state index < -0.39 is 5.60 Å². The van der Waals surface area contributed by atoms with Gasteiger partial charge in [0.15, 0.2) is 5.60 Å². The maximum atomic E-state index is 11.8. The molecule has 0 aromatic carbocycles. The summed E-state index contributed by atoms with van der Waals surface area (Å²) in [6.07, 6.45) is 2.52. The summed E-state index contributed by atoms with van der Waals surface area (Å²) in [5.74, 6) is 1.43. The number of rotatable bonds is 9. The number of aryl methyl sites for hydroxylation is 1. The summed E-state index contributed by atoms with van der Waals surface area (Å²) < 4.78 is 12.2. The lowest BCUT2D eigenvalue weighted by Gasteiger charge is -2.25. The average molecular weight is 486 g/mol. The minimum Gasteiger partial charge on any atom is -0.461 e. The standard InChI is InChI=1S/C25H27NO3S3/c1-18-8-10-21(32-18)17-26(15-19-5-2-12-28-19)16-20-9-11-22(29-20)25(27,23-6-3-13-30-23)24-7-4-14-31-24/h3-4,6-11,13-14,19,27H,2,5,12,15-17H2,1H3/t19-/m0/s1. The van der Waals surface area contributed by atoms with Crippen LogP contribution < -0.4 is 0 Å². The third-order valence-electron chi connectivity index (χ3n) is 5.81. The molecule has 32 heavy (non-hydrogen) atoms. The van der Waals surface area contributed by atoms with Gasteiger partial charge in [-0.3, -0.25) is 4.90 Å². The second kappa shape index (κ2) is 9.63. The number of thiophene rings is 3. The molecule has 0 bridgehead atoms. The van der Waals surface area contributed by atoms with E-state index in [9.17, 15) is 5.11 Å². The molecule has 5 rings (SSSR count). The van der Waals surface area contributed by atoms with Crippen molar-refractivity contribution in [2.24, 2.45) is 0 Å². The van der Waals surface area contributed by atoms with Gasteiger partial charge in [-0.25, -0.2) is 0 Å². The van der Waals surface area contributed by atoms with Gasteiger partial charge in [0, 0.05) is 39.2 Å². The van der Waals surface area contributed by atoms with Gasteiger partial charge in [-0.1, -0.05) is 12.1 Å². The molecule has 168 valence electrons. The molecule has 5 heterocycles. The number of furan rings is 1. The molecule has 1 fully saturated rings. The minimum atomic E-state index is -1.26. The predicted molar refractivity (Wildman–Crippen MR) is 132 cm³/mol. The number of nitrogens with zero attached hydrogens (tertiary/aromatic N) is 1. The van der Waals surface area contributed by atoms with Crippen molar-refractivity contribution >= 4 is 34.0 Å². The topological polar surface area (TPSA) is 45.8 Å². The molecule has 7 heteroatoms. The second-order valence-electron chi connectivity index (χ2n) is 8.25. The van der Waals surface area contributed by atoms with Crippen molar-refractivity contribution in [3.05, 3.63) is 90.3 Å². The Hall–Kier alpha value is -1.74. The van der Waals surface area contributed by atoms with E-state index in [0.717, 1.165) is 48.1 Å². The zero-order chi connectivity index (χ0) is 22.0.